The summed E-state index contributed by atoms with van der Waals surface area (Å²) in [6, 6.07) is 5.78. The van der Waals surface area contributed by atoms with Gasteiger partial charge in [-0.3, -0.25) is 19.6 Å². The lowest BCUT2D eigenvalue weighted by Gasteiger charge is -2.48. The van der Waals surface area contributed by atoms with E-state index in [1.54, 1.807) is 18.5 Å². The summed E-state index contributed by atoms with van der Waals surface area (Å²) in [5.41, 5.74) is 3.86. The van der Waals surface area contributed by atoms with Crippen molar-refractivity contribution in [2.75, 3.05) is 0 Å². The third-order valence-corrected chi connectivity index (χ3v) is 8.30. The van der Waals surface area contributed by atoms with E-state index in [2.05, 4.69) is 28.3 Å². The molecule has 3 aliphatic carbocycles. The van der Waals surface area contributed by atoms with Crippen molar-refractivity contribution in [3.63, 3.8) is 0 Å². The second kappa shape index (κ2) is 7.98. The van der Waals surface area contributed by atoms with Gasteiger partial charge >= 0.3 is 0 Å². The molecule has 3 aliphatic rings. The molecule has 0 radical (unpaired) electrons. The van der Waals surface area contributed by atoms with Gasteiger partial charge in [-0.25, -0.2) is 0 Å². The van der Waals surface area contributed by atoms with Gasteiger partial charge in [0.2, 0.25) is 5.91 Å². The third kappa shape index (κ3) is 3.59. The normalized spacial score (nSPS) is 30.9. The Balaban J connectivity index is 1.27. The Hall–Kier alpha value is -2.76. The number of fused-ring (bicyclic) bond motifs is 5. The second-order valence-electron chi connectivity index (χ2n) is 10.2. The Morgan fingerprint density at radius 2 is 2.09 bits per heavy atom. The fourth-order valence-electron chi connectivity index (χ4n) is 6.68. The molecule has 1 heterocycles. The van der Waals surface area contributed by atoms with E-state index in [0.717, 1.165) is 43.5 Å². The summed E-state index contributed by atoms with van der Waals surface area (Å²) in [6.45, 7) is 4.35. The number of amides is 1. The van der Waals surface area contributed by atoms with Crippen molar-refractivity contribution in [1.82, 2.24) is 15.3 Å². The first-order valence-corrected chi connectivity index (χ1v) is 11.8. The van der Waals surface area contributed by atoms with Crippen LogP contribution in [-0.2, 0) is 22.6 Å². The van der Waals surface area contributed by atoms with Crippen LogP contribution in [0.3, 0.4) is 0 Å². The Morgan fingerprint density at radius 1 is 1.25 bits per heavy atom. The van der Waals surface area contributed by atoms with E-state index in [-0.39, 0.29) is 29.4 Å². The van der Waals surface area contributed by atoms with Crippen LogP contribution in [0.4, 0.5) is 0 Å². The first kappa shape index (κ1) is 21.1. The molecule has 1 amide bonds. The number of nitrogens with one attached hydrogen (secondary N) is 1. The second-order valence-corrected chi connectivity index (χ2v) is 10.2. The molecule has 2 N–H and O–H groups in total. The molecule has 6 nitrogen and oxygen atoms in total. The smallest absolute Gasteiger partial charge is 0.221 e. The summed E-state index contributed by atoms with van der Waals surface area (Å²) in [6.07, 6.45) is 8.32. The highest BCUT2D eigenvalue weighted by atomic mass is 16.3. The summed E-state index contributed by atoms with van der Waals surface area (Å²) >= 11 is 0. The molecule has 2 fully saturated rings. The molecule has 1 aromatic carbocycles. The number of hydrogen-bond donors (Lipinski definition) is 2. The maximum absolute atomic E-state index is 13.4. The van der Waals surface area contributed by atoms with Gasteiger partial charge in [0.1, 0.15) is 11.5 Å². The molecule has 0 spiro atoms. The van der Waals surface area contributed by atoms with E-state index in [9.17, 15) is 14.7 Å². The summed E-state index contributed by atoms with van der Waals surface area (Å²) in [5, 5.41) is 12.8. The summed E-state index contributed by atoms with van der Waals surface area (Å²) < 4.78 is 0. The number of phenols is 1. The van der Waals surface area contributed by atoms with Crippen LogP contribution in [0.15, 0.2) is 30.6 Å². The van der Waals surface area contributed by atoms with Crippen molar-refractivity contribution in [3.05, 3.63) is 53.1 Å². The van der Waals surface area contributed by atoms with Gasteiger partial charge in [0.25, 0.3) is 0 Å². The average Bonchev–Trinajstić information content (AvgIpc) is 3.03. The maximum Gasteiger partial charge on any atom is 0.221 e. The summed E-state index contributed by atoms with van der Waals surface area (Å²) in [4.78, 5) is 34.6. The summed E-state index contributed by atoms with van der Waals surface area (Å²) in [7, 11) is 0. The molecule has 6 heteroatoms. The minimum Gasteiger partial charge on any atom is -0.508 e. The number of nitrogens with zero attached hydrogens (tertiary/aromatic N) is 2. The van der Waals surface area contributed by atoms with Gasteiger partial charge in [-0.15, -0.1) is 0 Å². The standard InChI is InChI=1S/C26H31N3O3/c1-15-12-28-18(13-27-15)14-29-24(31)11-17-10-23-22-5-3-16-9-19(30)4-6-20(16)21(22)7-8-26(23,2)25(17)32/h4,6,9,12-13,17,21-23,30H,3,5,7-8,10-11,14H2,1-2H3,(H,29,31)/t17-,21-,22-,23+,26+/m1/s1. The Kier molecular flexibility index (Phi) is 5.26. The third-order valence-electron chi connectivity index (χ3n) is 8.30. The molecule has 5 atom stereocenters. The molecule has 2 aromatic rings. The molecule has 0 bridgehead atoms. The van der Waals surface area contributed by atoms with Crippen LogP contribution in [0, 0.1) is 30.1 Å². The van der Waals surface area contributed by atoms with Crippen LogP contribution >= 0.6 is 0 Å². The van der Waals surface area contributed by atoms with Crippen molar-refractivity contribution < 1.29 is 14.7 Å². The van der Waals surface area contributed by atoms with Crippen molar-refractivity contribution in [1.29, 1.82) is 0 Å². The van der Waals surface area contributed by atoms with Crippen LogP contribution in [0.5, 0.6) is 5.75 Å². The molecule has 0 aliphatic heterocycles. The van der Waals surface area contributed by atoms with Crippen LogP contribution in [-0.4, -0.2) is 26.8 Å². The van der Waals surface area contributed by atoms with Gasteiger partial charge < -0.3 is 10.4 Å². The number of hydrogen-bond acceptors (Lipinski definition) is 5. The van der Waals surface area contributed by atoms with Crippen LogP contribution in [0.1, 0.15) is 67.5 Å². The Labute approximate surface area is 188 Å². The molecule has 168 valence electrons. The van der Waals surface area contributed by atoms with E-state index in [1.165, 1.54) is 11.1 Å². The average molecular weight is 434 g/mol. The summed E-state index contributed by atoms with van der Waals surface area (Å²) in [5.74, 6) is 1.59. The van der Waals surface area contributed by atoms with E-state index < -0.39 is 0 Å². The number of ketones is 1. The van der Waals surface area contributed by atoms with Gasteiger partial charge in [0.05, 0.1) is 24.1 Å². The number of phenolic OH excluding ortho intramolecular Hbond substituents is 1. The molecule has 32 heavy (non-hydrogen) atoms. The predicted molar refractivity (Wildman–Crippen MR) is 120 cm³/mol. The van der Waals surface area contributed by atoms with E-state index in [1.807, 2.05) is 13.0 Å². The molecule has 2 saturated carbocycles. The van der Waals surface area contributed by atoms with Gasteiger partial charge in [-0.05, 0) is 80.0 Å². The van der Waals surface area contributed by atoms with Crippen molar-refractivity contribution >= 4 is 11.7 Å². The number of benzene rings is 1. The van der Waals surface area contributed by atoms with Crippen LogP contribution in [0.2, 0.25) is 0 Å². The molecule has 0 saturated heterocycles. The van der Waals surface area contributed by atoms with Crippen LogP contribution < -0.4 is 5.32 Å². The molecule has 5 rings (SSSR count). The number of carbonyl (C=O) groups excluding carboxylic acids is 2. The predicted octanol–water partition coefficient (Wildman–Crippen LogP) is 3.85. The number of Topliss-reactive ketones (excluding diaryl/α,β-unsaturated/α-hetero) is 1. The van der Waals surface area contributed by atoms with E-state index in [4.69, 9.17) is 0 Å². The fraction of sp³-hybridized carbons (Fsp3) is 0.538. The first-order chi connectivity index (χ1) is 15.3. The van der Waals surface area contributed by atoms with Crippen molar-refractivity contribution in [2.45, 2.75) is 64.8 Å². The minimum absolute atomic E-state index is 0.0889. The number of carbonyl (C=O) groups is 2. The molecule has 1 aromatic heterocycles. The van der Waals surface area contributed by atoms with Gasteiger partial charge in [0, 0.05) is 24.0 Å². The number of aromatic hydroxyl groups is 1. The zero-order valence-corrected chi connectivity index (χ0v) is 18.8. The molecule has 0 unspecified atom stereocenters. The fourth-order valence-corrected chi connectivity index (χ4v) is 6.68. The highest BCUT2D eigenvalue weighted by Gasteiger charge is 2.58. The topological polar surface area (TPSA) is 92.2 Å². The lowest BCUT2D eigenvalue weighted by Crippen LogP contribution is -2.42. The van der Waals surface area contributed by atoms with E-state index >= 15 is 0 Å². The molecular formula is C26H31N3O3. The van der Waals surface area contributed by atoms with Crippen molar-refractivity contribution in [3.8, 4) is 5.75 Å². The SMILES string of the molecule is Cc1cnc(CNC(=O)C[C@H]2C[C@H]3[C@@H]4CCc5cc(O)ccc5[C@H]4CC[C@]3(C)C2=O)cn1. The van der Waals surface area contributed by atoms with Gasteiger partial charge in [-0.1, -0.05) is 13.0 Å². The monoisotopic (exact) mass is 433 g/mol. The van der Waals surface area contributed by atoms with Crippen molar-refractivity contribution in [2.24, 2.45) is 23.2 Å². The number of aryl methyl sites for hydroxylation is 2. The zero-order chi connectivity index (χ0) is 22.5. The lowest BCUT2D eigenvalue weighted by molar-refractivity contribution is -0.134. The number of rotatable bonds is 4. The highest BCUT2D eigenvalue weighted by Crippen LogP contribution is 2.61. The minimum atomic E-state index is -0.316. The van der Waals surface area contributed by atoms with Gasteiger partial charge in [-0.2, -0.15) is 0 Å². The maximum atomic E-state index is 13.4. The van der Waals surface area contributed by atoms with E-state index in [0.29, 0.717) is 30.0 Å². The lowest BCUT2D eigenvalue weighted by atomic mass is 9.55. The Morgan fingerprint density at radius 3 is 2.88 bits per heavy atom. The van der Waals surface area contributed by atoms with Crippen LogP contribution in [0.25, 0.3) is 0 Å². The number of aromatic nitrogens is 2. The largest absolute Gasteiger partial charge is 0.508 e. The quantitative estimate of drug-likeness (QED) is 0.764. The van der Waals surface area contributed by atoms with Gasteiger partial charge in [0.15, 0.2) is 0 Å². The zero-order valence-electron chi connectivity index (χ0n) is 18.8. The molecular weight excluding hydrogens is 402 g/mol. The highest BCUT2D eigenvalue weighted by molar-refractivity contribution is 5.93. The first-order valence-electron chi connectivity index (χ1n) is 11.8. The Bertz CT molecular complexity index is 1050.